The summed E-state index contributed by atoms with van der Waals surface area (Å²) >= 11 is 0. The molecule has 1 aromatic carbocycles. The molecule has 1 aromatic heterocycles. The summed E-state index contributed by atoms with van der Waals surface area (Å²) in [6, 6.07) is 5.77. The van der Waals surface area contributed by atoms with Crippen molar-refractivity contribution in [2.45, 2.75) is 25.3 Å². The average molecular weight is 401 g/mol. The quantitative estimate of drug-likeness (QED) is 0.486. The van der Waals surface area contributed by atoms with Crippen molar-refractivity contribution in [2.24, 2.45) is 0 Å². The van der Waals surface area contributed by atoms with Crippen LogP contribution in [0.3, 0.4) is 0 Å². The topological polar surface area (TPSA) is 133 Å². The van der Waals surface area contributed by atoms with Crippen molar-refractivity contribution in [2.75, 3.05) is 18.4 Å². The van der Waals surface area contributed by atoms with E-state index in [2.05, 4.69) is 25.9 Å². The molecule has 0 saturated carbocycles. The van der Waals surface area contributed by atoms with Gasteiger partial charge in [0, 0.05) is 26.1 Å². The molecule has 0 aliphatic carbocycles. The summed E-state index contributed by atoms with van der Waals surface area (Å²) in [6.45, 7) is 0.704. The maximum absolute atomic E-state index is 13.0. The predicted octanol–water partition coefficient (Wildman–Crippen LogP) is 1.04. The second-order valence-electron chi connectivity index (χ2n) is 6.51. The third kappa shape index (κ3) is 5.03. The fraction of sp³-hybridized carbons (Fsp3) is 0.316. The maximum atomic E-state index is 13.0. The molecule has 0 fully saturated rings. The number of carbonyl (C=O) groups is 3. The Kier molecular flexibility index (Phi) is 6.32. The van der Waals surface area contributed by atoms with Gasteiger partial charge in [0.25, 0.3) is 5.91 Å². The summed E-state index contributed by atoms with van der Waals surface area (Å²) in [7, 11) is 0. The standard InChI is InChI=1S/C19H20FN5O4/c20-12-5-3-11(4-6-12)8-23-19(29)17-16-15(24-10-25-17)13(9-22-16)18(28)21-7-1-2-14(26)27/h3-6,10,13,22H,1-2,7-9H2,(H,21,28)(H,23,29)(H,26,27). The first kappa shape index (κ1) is 20.2. The van der Waals surface area contributed by atoms with E-state index in [0.29, 0.717) is 17.8 Å². The number of halogens is 1. The van der Waals surface area contributed by atoms with Gasteiger partial charge in [0.1, 0.15) is 12.1 Å². The molecular weight excluding hydrogens is 381 g/mol. The molecule has 4 N–H and O–H groups in total. The lowest BCUT2D eigenvalue weighted by molar-refractivity contribution is -0.137. The molecule has 152 valence electrons. The highest BCUT2D eigenvalue weighted by atomic mass is 19.1. The second kappa shape index (κ2) is 9.09. The molecule has 0 radical (unpaired) electrons. The summed E-state index contributed by atoms with van der Waals surface area (Å²) in [5, 5.41) is 17.0. The minimum atomic E-state index is -0.920. The van der Waals surface area contributed by atoms with E-state index >= 15 is 0 Å². The molecule has 29 heavy (non-hydrogen) atoms. The van der Waals surface area contributed by atoms with Crippen LogP contribution in [0, 0.1) is 5.82 Å². The summed E-state index contributed by atoms with van der Waals surface area (Å²) < 4.78 is 13.0. The lowest BCUT2D eigenvalue weighted by atomic mass is 10.1. The number of carboxylic acids is 1. The Bertz CT molecular complexity index is 919. The zero-order chi connectivity index (χ0) is 20.8. The molecule has 2 amide bonds. The first-order valence-corrected chi connectivity index (χ1v) is 9.06. The smallest absolute Gasteiger partial charge is 0.303 e. The number of amides is 2. The van der Waals surface area contributed by atoms with Crippen LogP contribution in [0.1, 0.15) is 40.5 Å². The minimum Gasteiger partial charge on any atom is -0.481 e. The van der Waals surface area contributed by atoms with E-state index in [-0.39, 0.29) is 43.5 Å². The Hall–Kier alpha value is -3.56. The van der Waals surface area contributed by atoms with Gasteiger partial charge in [-0.1, -0.05) is 12.1 Å². The molecule has 1 aliphatic heterocycles. The fourth-order valence-corrected chi connectivity index (χ4v) is 2.97. The van der Waals surface area contributed by atoms with Gasteiger partial charge in [-0.3, -0.25) is 14.4 Å². The number of nitrogens with one attached hydrogen (secondary N) is 3. The number of hydrogen-bond acceptors (Lipinski definition) is 6. The molecular formula is C19H20FN5O4. The van der Waals surface area contributed by atoms with Crippen LogP contribution in [0.15, 0.2) is 30.6 Å². The van der Waals surface area contributed by atoms with Crippen LogP contribution in [0.5, 0.6) is 0 Å². The molecule has 0 saturated heterocycles. The van der Waals surface area contributed by atoms with Crippen LogP contribution >= 0.6 is 0 Å². The van der Waals surface area contributed by atoms with Crippen molar-refractivity contribution in [3.63, 3.8) is 0 Å². The highest BCUT2D eigenvalue weighted by molar-refractivity contribution is 6.00. The van der Waals surface area contributed by atoms with E-state index in [9.17, 15) is 18.8 Å². The van der Waals surface area contributed by atoms with Crippen LogP contribution in [0.25, 0.3) is 0 Å². The summed E-state index contributed by atoms with van der Waals surface area (Å²) in [5.41, 5.74) is 1.67. The summed E-state index contributed by atoms with van der Waals surface area (Å²) in [4.78, 5) is 43.6. The van der Waals surface area contributed by atoms with Crippen LogP contribution < -0.4 is 16.0 Å². The zero-order valence-corrected chi connectivity index (χ0v) is 15.4. The Morgan fingerprint density at radius 3 is 2.66 bits per heavy atom. The molecule has 1 unspecified atom stereocenters. The number of anilines is 1. The normalized spacial score (nSPS) is 14.6. The minimum absolute atomic E-state index is 0.0275. The number of aliphatic carboxylic acids is 1. The van der Waals surface area contributed by atoms with Gasteiger partial charge in [-0.05, 0) is 24.1 Å². The van der Waals surface area contributed by atoms with Crippen LogP contribution in [0.2, 0.25) is 0 Å². The van der Waals surface area contributed by atoms with Gasteiger partial charge in [0.05, 0.1) is 17.3 Å². The Morgan fingerprint density at radius 2 is 1.93 bits per heavy atom. The third-order valence-electron chi connectivity index (χ3n) is 4.45. The Morgan fingerprint density at radius 1 is 1.17 bits per heavy atom. The van der Waals surface area contributed by atoms with Crippen molar-refractivity contribution < 1.29 is 23.9 Å². The Balaban J connectivity index is 1.63. The number of rotatable bonds is 8. The maximum Gasteiger partial charge on any atom is 0.303 e. The number of nitrogens with zero attached hydrogens (tertiary/aromatic N) is 2. The van der Waals surface area contributed by atoms with Crippen molar-refractivity contribution in [1.29, 1.82) is 0 Å². The van der Waals surface area contributed by atoms with Gasteiger partial charge < -0.3 is 21.1 Å². The van der Waals surface area contributed by atoms with Gasteiger partial charge >= 0.3 is 5.97 Å². The predicted molar refractivity (Wildman–Crippen MR) is 101 cm³/mol. The number of fused-ring (bicyclic) bond motifs is 1. The van der Waals surface area contributed by atoms with Gasteiger partial charge in [0.2, 0.25) is 5.91 Å². The summed E-state index contributed by atoms with van der Waals surface area (Å²) in [5.74, 6) is -2.61. The van der Waals surface area contributed by atoms with Gasteiger partial charge in [-0.15, -0.1) is 0 Å². The summed E-state index contributed by atoms with van der Waals surface area (Å²) in [6.07, 6.45) is 1.53. The number of carbonyl (C=O) groups excluding carboxylic acids is 2. The first-order chi connectivity index (χ1) is 14.0. The van der Waals surface area contributed by atoms with Crippen molar-refractivity contribution in [3.8, 4) is 0 Å². The third-order valence-corrected chi connectivity index (χ3v) is 4.45. The molecule has 0 spiro atoms. The molecule has 2 aromatic rings. The van der Waals surface area contributed by atoms with Crippen LogP contribution in [0.4, 0.5) is 10.1 Å². The SMILES string of the molecule is O=C(O)CCCNC(=O)C1CNc2c(C(=O)NCc3ccc(F)cc3)ncnc21. The molecule has 3 rings (SSSR count). The lowest BCUT2D eigenvalue weighted by Crippen LogP contribution is -2.31. The monoisotopic (exact) mass is 401 g/mol. The molecule has 1 aliphatic rings. The van der Waals surface area contributed by atoms with Gasteiger partial charge in [0.15, 0.2) is 5.69 Å². The van der Waals surface area contributed by atoms with Crippen LogP contribution in [-0.2, 0) is 16.1 Å². The van der Waals surface area contributed by atoms with Crippen LogP contribution in [-0.4, -0.2) is 45.9 Å². The highest BCUT2D eigenvalue weighted by Crippen LogP contribution is 2.31. The molecule has 9 nitrogen and oxygen atoms in total. The van der Waals surface area contributed by atoms with E-state index in [1.165, 1.54) is 18.5 Å². The van der Waals surface area contributed by atoms with Crippen molar-refractivity contribution in [3.05, 3.63) is 53.4 Å². The van der Waals surface area contributed by atoms with E-state index in [1.54, 1.807) is 12.1 Å². The van der Waals surface area contributed by atoms with E-state index < -0.39 is 17.8 Å². The fourth-order valence-electron chi connectivity index (χ4n) is 2.97. The van der Waals surface area contributed by atoms with E-state index in [1.807, 2.05) is 0 Å². The number of carboxylic acid groups (broad SMARTS) is 1. The Labute approximate surface area is 165 Å². The van der Waals surface area contributed by atoms with E-state index in [4.69, 9.17) is 5.11 Å². The lowest BCUT2D eigenvalue weighted by Gasteiger charge is -2.11. The van der Waals surface area contributed by atoms with Crippen molar-refractivity contribution in [1.82, 2.24) is 20.6 Å². The largest absolute Gasteiger partial charge is 0.481 e. The van der Waals surface area contributed by atoms with Crippen molar-refractivity contribution >= 4 is 23.5 Å². The molecule has 10 heteroatoms. The average Bonchev–Trinajstić information content (AvgIpc) is 3.14. The number of aromatic nitrogens is 2. The second-order valence-corrected chi connectivity index (χ2v) is 6.51. The molecule has 0 bridgehead atoms. The number of benzene rings is 1. The number of hydrogen-bond donors (Lipinski definition) is 4. The van der Waals surface area contributed by atoms with E-state index in [0.717, 1.165) is 5.56 Å². The first-order valence-electron chi connectivity index (χ1n) is 9.06. The molecule has 1 atom stereocenters. The molecule has 2 heterocycles. The van der Waals surface area contributed by atoms with Gasteiger partial charge in [-0.2, -0.15) is 0 Å². The highest BCUT2D eigenvalue weighted by Gasteiger charge is 2.33. The zero-order valence-electron chi connectivity index (χ0n) is 15.4. The van der Waals surface area contributed by atoms with Gasteiger partial charge in [-0.25, -0.2) is 14.4 Å².